The maximum Gasteiger partial charge on any atom is 0.316 e. The average Bonchev–Trinajstić information content (AvgIpc) is 3.35. The number of carbonyl (C=O) groups is 1. The third kappa shape index (κ3) is 3.27. The lowest BCUT2D eigenvalue weighted by atomic mass is 9.88. The second-order valence-corrected chi connectivity index (χ2v) is 9.90. The predicted octanol–water partition coefficient (Wildman–Crippen LogP) is 4.11. The maximum atomic E-state index is 13.8. The van der Waals surface area contributed by atoms with Crippen LogP contribution in [0.3, 0.4) is 0 Å². The van der Waals surface area contributed by atoms with Gasteiger partial charge in [0.1, 0.15) is 4.83 Å². The van der Waals surface area contributed by atoms with Crippen LogP contribution in [0.4, 0.5) is 0 Å². The van der Waals surface area contributed by atoms with Crippen LogP contribution < -0.4 is 5.56 Å². The molecule has 0 fully saturated rings. The number of methoxy groups -OCH3 is 1. The summed E-state index contributed by atoms with van der Waals surface area (Å²) in [5.41, 5.74) is 2.97. The van der Waals surface area contributed by atoms with Crippen LogP contribution in [-0.4, -0.2) is 38.0 Å². The normalized spacial score (nSPS) is 16.0. The number of carbonyl (C=O) groups excluding carboxylic acids is 1. The van der Waals surface area contributed by atoms with E-state index in [0.29, 0.717) is 16.9 Å². The number of benzene rings is 1. The molecule has 0 amide bonds. The van der Waals surface area contributed by atoms with Crippen LogP contribution in [0.2, 0.25) is 0 Å². The predicted molar refractivity (Wildman–Crippen MR) is 123 cm³/mol. The SMILES string of the molecule is COC(=O)CSc1nnc2n(-c3ccc(C)cc3)c(=O)c3c4c(sc3n12)CCC[C@H]4C. The number of esters is 1. The largest absolute Gasteiger partial charge is 0.468 e. The van der Waals surface area contributed by atoms with Gasteiger partial charge in [0.05, 0.1) is 23.9 Å². The van der Waals surface area contributed by atoms with Crippen molar-refractivity contribution in [1.82, 2.24) is 19.2 Å². The molecule has 5 rings (SSSR count). The molecule has 31 heavy (non-hydrogen) atoms. The van der Waals surface area contributed by atoms with Gasteiger partial charge in [-0.1, -0.05) is 36.4 Å². The Morgan fingerprint density at radius 3 is 2.81 bits per heavy atom. The first kappa shape index (κ1) is 20.3. The molecule has 0 unspecified atom stereocenters. The van der Waals surface area contributed by atoms with Gasteiger partial charge >= 0.3 is 5.97 Å². The van der Waals surface area contributed by atoms with Gasteiger partial charge in [0.15, 0.2) is 5.16 Å². The Morgan fingerprint density at radius 1 is 1.29 bits per heavy atom. The van der Waals surface area contributed by atoms with E-state index >= 15 is 0 Å². The number of fused-ring (bicyclic) bond motifs is 5. The number of nitrogens with zero attached hydrogens (tertiary/aromatic N) is 4. The van der Waals surface area contributed by atoms with Crippen molar-refractivity contribution in [2.75, 3.05) is 12.9 Å². The second-order valence-electron chi connectivity index (χ2n) is 7.87. The van der Waals surface area contributed by atoms with Gasteiger partial charge in [-0.2, -0.15) is 0 Å². The van der Waals surface area contributed by atoms with Gasteiger partial charge in [0.2, 0.25) is 5.78 Å². The van der Waals surface area contributed by atoms with Crippen molar-refractivity contribution in [3.8, 4) is 5.69 Å². The van der Waals surface area contributed by atoms with Crippen molar-refractivity contribution in [3.63, 3.8) is 0 Å². The van der Waals surface area contributed by atoms with Gasteiger partial charge in [-0.15, -0.1) is 21.5 Å². The summed E-state index contributed by atoms with van der Waals surface area (Å²) in [7, 11) is 1.37. The molecule has 0 N–H and O–H groups in total. The van der Waals surface area contributed by atoms with Crippen molar-refractivity contribution in [1.29, 1.82) is 0 Å². The molecular weight excluding hydrogens is 432 g/mol. The molecule has 0 radical (unpaired) electrons. The topological polar surface area (TPSA) is 78.5 Å². The molecular formula is C22H22N4O3S2. The zero-order valence-corrected chi connectivity index (χ0v) is 19.2. The van der Waals surface area contributed by atoms with Crippen molar-refractivity contribution in [2.24, 2.45) is 0 Å². The van der Waals surface area contributed by atoms with E-state index in [2.05, 4.69) is 17.1 Å². The molecule has 3 heterocycles. The summed E-state index contributed by atoms with van der Waals surface area (Å²) in [5.74, 6) is 0.588. The van der Waals surface area contributed by atoms with Crippen LogP contribution >= 0.6 is 23.1 Å². The first-order valence-corrected chi connectivity index (χ1v) is 12.0. The lowest BCUT2D eigenvalue weighted by Gasteiger charge is -2.18. The number of aryl methyl sites for hydroxylation is 2. The summed E-state index contributed by atoms with van der Waals surface area (Å²) >= 11 is 2.92. The summed E-state index contributed by atoms with van der Waals surface area (Å²) in [5, 5.41) is 10.0. The van der Waals surface area contributed by atoms with Crippen molar-refractivity contribution in [3.05, 3.63) is 50.6 Å². The highest BCUT2D eigenvalue weighted by Gasteiger charge is 2.28. The van der Waals surface area contributed by atoms with E-state index in [1.54, 1.807) is 15.9 Å². The first-order chi connectivity index (χ1) is 15.0. The Kier molecular flexibility index (Phi) is 5.10. The van der Waals surface area contributed by atoms with Crippen molar-refractivity contribution < 1.29 is 9.53 Å². The maximum absolute atomic E-state index is 13.8. The number of hydrogen-bond acceptors (Lipinski definition) is 7. The minimum absolute atomic E-state index is 0.0606. The summed E-state index contributed by atoms with van der Waals surface area (Å²) < 4.78 is 8.36. The van der Waals surface area contributed by atoms with Crippen molar-refractivity contribution >= 4 is 45.1 Å². The molecule has 0 spiro atoms. The molecule has 1 aliphatic rings. The molecule has 0 aliphatic heterocycles. The van der Waals surface area contributed by atoms with Gasteiger partial charge in [-0.25, -0.2) is 8.97 Å². The second kappa shape index (κ2) is 7.80. The fraction of sp³-hybridized carbons (Fsp3) is 0.364. The van der Waals surface area contributed by atoms with Crippen LogP contribution in [0.5, 0.6) is 0 Å². The molecule has 160 valence electrons. The summed E-state index contributed by atoms with van der Waals surface area (Å²) in [6.07, 6.45) is 3.19. The van der Waals surface area contributed by atoms with E-state index in [1.807, 2.05) is 35.6 Å². The fourth-order valence-corrected chi connectivity index (χ4v) is 6.53. The number of ether oxygens (including phenoxy) is 1. The van der Waals surface area contributed by atoms with Crippen molar-refractivity contribution in [2.45, 2.75) is 44.2 Å². The number of rotatable bonds is 4. The van der Waals surface area contributed by atoms with Crippen LogP contribution in [0.25, 0.3) is 21.7 Å². The van der Waals surface area contributed by atoms with Gasteiger partial charge < -0.3 is 4.74 Å². The van der Waals surface area contributed by atoms with Crippen LogP contribution in [0.15, 0.2) is 34.2 Å². The molecule has 7 nitrogen and oxygen atoms in total. The Bertz CT molecular complexity index is 1370. The standard InChI is InChI=1S/C22H22N4O3S2/c1-12-7-9-14(10-8-12)25-19(28)18-17-13(2)5-4-6-15(17)31-20(18)26-21(25)23-24-22(26)30-11-16(27)29-3/h7-10,13H,4-6,11H2,1-3H3/t13-/m1/s1. The molecule has 1 aromatic carbocycles. The molecule has 1 atom stereocenters. The molecule has 1 aliphatic carbocycles. The molecule has 0 saturated carbocycles. The van der Waals surface area contributed by atoms with Gasteiger partial charge in [0, 0.05) is 4.88 Å². The molecule has 4 aromatic rings. The quantitative estimate of drug-likeness (QED) is 0.341. The minimum Gasteiger partial charge on any atom is -0.468 e. The molecule has 3 aromatic heterocycles. The third-order valence-electron chi connectivity index (χ3n) is 5.81. The van der Waals surface area contributed by atoms with E-state index < -0.39 is 0 Å². The van der Waals surface area contributed by atoms with E-state index in [-0.39, 0.29) is 17.3 Å². The third-order valence-corrected chi connectivity index (χ3v) is 7.97. The lowest BCUT2D eigenvalue weighted by Crippen LogP contribution is -2.22. The zero-order valence-electron chi connectivity index (χ0n) is 17.5. The van der Waals surface area contributed by atoms with E-state index in [9.17, 15) is 9.59 Å². The van der Waals surface area contributed by atoms with E-state index in [4.69, 9.17) is 4.74 Å². The molecule has 9 heteroatoms. The van der Waals surface area contributed by atoms with Crippen LogP contribution in [0.1, 0.15) is 41.7 Å². The van der Waals surface area contributed by atoms with Crippen LogP contribution in [0, 0.1) is 6.92 Å². The van der Waals surface area contributed by atoms with Gasteiger partial charge in [-0.3, -0.25) is 9.59 Å². The first-order valence-electron chi connectivity index (χ1n) is 10.2. The Labute approximate surface area is 187 Å². The van der Waals surface area contributed by atoms with E-state index in [0.717, 1.165) is 46.3 Å². The van der Waals surface area contributed by atoms with Crippen LogP contribution in [-0.2, 0) is 16.0 Å². The van der Waals surface area contributed by atoms with Gasteiger partial charge in [0.25, 0.3) is 5.56 Å². The summed E-state index contributed by atoms with van der Waals surface area (Å²) in [6.45, 7) is 4.21. The van der Waals surface area contributed by atoms with Gasteiger partial charge in [-0.05, 0) is 49.8 Å². The highest BCUT2D eigenvalue weighted by molar-refractivity contribution is 7.99. The highest BCUT2D eigenvalue weighted by atomic mass is 32.2. The highest BCUT2D eigenvalue weighted by Crippen LogP contribution is 2.41. The minimum atomic E-state index is -0.330. The van der Waals surface area contributed by atoms with E-state index in [1.165, 1.54) is 23.7 Å². The monoisotopic (exact) mass is 454 g/mol. The Morgan fingerprint density at radius 2 is 2.06 bits per heavy atom. The summed E-state index contributed by atoms with van der Waals surface area (Å²) in [6, 6.07) is 7.83. The summed E-state index contributed by atoms with van der Waals surface area (Å²) in [4.78, 5) is 27.7. The lowest BCUT2D eigenvalue weighted by molar-refractivity contribution is -0.137. The average molecular weight is 455 g/mol. The molecule has 0 saturated heterocycles. The fourth-order valence-electron chi connectivity index (χ4n) is 4.25. The number of hydrogen-bond donors (Lipinski definition) is 0. The number of aromatic nitrogens is 4. The Balaban J connectivity index is 1.85. The number of thiophene rings is 1. The Hall–Kier alpha value is -2.65. The smallest absolute Gasteiger partial charge is 0.316 e. The number of thioether (sulfide) groups is 1. The molecule has 0 bridgehead atoms. The zero-order chi connectivity index (χ0) is 21.7.